The molecule has 0 saturated heterocycles. The second kappa shape index (κ2) is 8.42. The first-order valence-corrected chi connectivity index (χ1v) is 8.96. The number of esters is 2. The minimum atomic E-state index is -1.27. The first-order chi connectivity index (χ1) is 14.3. The van der Waals surface area contributed by atoms with Crippen molar-refractivity contribution in [2.45, 2.75) is 12.3 Å². The lowest BCUT2D eigenvalue weighted by Crippen LogP contribution is -2.25. The molecule has 9 nitrogen and oxygen atoms in total. The standard InChI is InChI=1S/C20H16ClNO8/c1-28-15(23)6-10(16-18(25)12(20(27)29-2)7-22-19(16)26)13-8-30-14-4-3-9(21)5-11(14)17(13)24/h3-5,7-8,10H,6H2,1-2H3,(H2,22,25,26)/t10-/m0/s1. The van der Waals surface area contributed by atoms with E-state index in [4.69, 9.17) is 16.0 Å². The van der Waals surface area contributed by atoms with Gasteiger partial charge in [-0.2, -0.15) is 0 Å². The molecule has 0 radical (unpaired) electrons. The highest BCUT2D eigenvalue weighted by molar-refractivity contribution is 6.31. The van der Waals surface area contributed by atoms with Crippen LogP contribution in [0.3, 0.4) is 0 Å². The molecular weight excluding hydrogens is 418 g/mol. The molecule has 1 atom stereocenters. The number of methoxy groups -OCH3 is 2. The van der Waals surface area contributed by atoms with Gasteiger partial charge in [0.15, 0.2) is 5.43 Å². The summed E-state index contributed by atoms with van der Waals surface area (Å²) in [5, 5.41) is 11.0. The van der Waals surface area contributed by atoms with Crippen molar-refractivity contribution >= 4 is 34.5 Å². The molecule has 3 rings (SSSR count). The molecule has 1 aromatic carbocycles. The van der Waals surface area contributed by atoms with Gasteiger partial charge in [-0.15, -0.1) is 0 Å². The topological polar surface area (TPSA) is 136 Å². The first-order valence-electron chi connectivity index (χ1n) is 8.59. The number of halogens is 1. The molecule has 0 amide bonds. The number of rotatable bonds is 5. The maximum atomic E-state index is 13.1. The third kappa shape index (κ3) is 3.79. The van der Waals surface area contributed by atoms with Crippen molar-refractivity contribution in [3.63, 3.8) is 0 Å². The number of H-pyrrole nitrogens is 1. The van der Waals surface area contributed by atoms with Crippen molar-refractivity contribution in [2.75, 3.05) is 14.2 Å². The van der Waals surface area contributed by atoms with Crippen molar-refractivity contribution in [3.8, 4) is 5.75 Å². The lowest BCUT2D eigenvalue weighted by atomic mass is 9.88. The van der Waals surface area contributed by atoms with Crippen LogP contribution in [-0.2, 0) is 14.3 Å². The Bertz CT molecular complexity index is 1260. The number of carbonyl (C=O) groups is 2. The van der Waals surface area contributed by atoms with Gasteiger partial charge < -0.3 is 24.0 Å². The molecule has 156 valence electrons. The molecule has 0 aliphatic carbocycles. The van der Waals surface area contributed by atoms with Crippen LogP contribution in [0.5, 0.6) is 5.75 Å². The fourth-order valence-corrected chi connectivity index (χ4v) is 3.27. The average Bonchev–Trinajstić information content (AvgIpc) is 2.73. The van der Waals surface area contributed by atoms with Crippen LogP contribution in [0.1, 0.15) is 33.8 Å². The quantitative estimate of drug-likeness (QED) is 0.585. The Morgan fingerprint density at radius 1 is 1.23 bits per heavy atom. The highest BCUT2D eigenvalue weighted by atomic mass is 35.5. The summed E-state index contributed by atoms with van der Waals surface area (Å²) in [6.45, 7) is 0. The highest BCUT2D eigenvalue weighted by Gasteiger charge is 2.30. The van der Waals surface area contributed by atoms with Crippen LogP contribution in [-0.4, -0.2) is 36.2 Å². The zero-order valence-corrected chi connectivity index (χ0v) is 16.6. The van der Waals surface area contributed by atoms with Crippen LogP contribution in [0.15, 0.2) is 44.7 Å². The molecule has 3 aromatic rings. The Morgan fingerprint density at radius 2 is 1.97 bits per heavy atom. The number of aromatic nitrogens is 1. The number of ether oxygens (including phenoxy) is 2. The molecule has 0 fully saturated rings. The number of benzene rings is 1. The average molecular weight is 434 g/mol. The first kappa shape index (κ1) is 21.1. The molecule has 0 aliphatic rings. The van der Waals surface area contributed by atoms with Crippen LogP contribution in [0, 0.1) is 0 Å². The van der Waals surface area contributed by atoms with Gasteiger partial charge in [0.05, 0.1) is 37.9 Å². The summed E-state index contributed by atoms with van der Waals surface area (Å²) >= 11 is 5.97. The Hall–Kier alpha value is -3.59. The predicted octanol–water partition coefficient (Wildman–Crippen LogP) is 2.32. The summed E-state index contributed by atoms with van der Waals surface area (Å²) in [5.41, 5.74) is -1.94. The third-order valence-electron chi connectivity index (χ3n) is 4.59. The fourth-order valence-electron chi connectivity index (χ4n) is 3.10. The lowest BCUT2D eigenvalue weighted by molar-refractivity contribution is -0.140. The van der Waals surface area contributed by atoms with Gasteiger partial charge >= 0.3 is 11.9 Å². The van der Waals surface area contributed by atoms with Crippen molar-refractivity contribution < 1.29 is 28.6 Å². The number of aromatic amines is 1. The zero-order chi connectivity index (χ0) is 22.0. The van der Waals surface area contributed by atoms with Crippen molar-refractivity contribution in [1.29, 1.82) is 0 Å². The number of nitrogens with one attached hydrogen (secondary N) is 1. The fraction of sp³-hybridized carbons (Fsp3) is 0.200. The molecule has 2 heterocycles. The Kier molecular flexibility index (Phi) is 5.93. The number of hydrogen-bond acceptors (Lipinski definition) is 8. The largest absolute Gasteiger partial charge is 0.506 e. The van der Waals surface area contributed by atoms with E-state index in [2.05, 4.69) is 14.5 Å². The molecule has 0 saturated carbocycles. The lowest BCUT2D eigenvalue weighted by Gasteiger charge is -2.17. The maximum absolute atomic E-state index is 13.1. The molecule has 0 spiro atoms. The van der Waals surface area contributed by atoms with Gasteiger partial charge in [-0.1, -0.05) is 11.6 Å². The summed E-state index contributed by atoms with van der Waals surface area (Å²) in [4.78, 5) is 51.9. The number of pyridine rings is 1. The summed E-state index contributed by atoms with van der Waals surface area (Å²) in [5.74, 6) is -3.66. The SMILES string of the molecule is COC(=O)C[C@H](c1c(O)c(C(=O)OC)c[nH]c1=O)c1coc2ccc(Cl)cc2c1=O. The zero-order valence-electron chi connectivity index (χ0n) is 15.9. The number of fused-ring (bicyclic) bond motifs is 1. The van der Waals surface area contributed by atoms with E-state index < -0.39 is 41.0 Å². The maximum Gasteiger partial charge on any atom is 0.343 e. The molecule has 2 aromatic heterocycles. The summed E-state index contributed by atoms with van der Waals surface area (Å²) < 4.78 is 14.7. The van der Waals surface area contributed by atoms with Gasteiger partial charge in [0, 0.05) is 22.7 Å². The molecular formula is C20H16ClNO8. The van der Waals surface area contributed by atoms with Crippen LogP contribution in [0.4, 0.5) is 0 Å². The van der Waals surface area contributed by atoms with Crippen molar-refractivity contribution in [2.24, 2.45) is 0 Å². The predicted molar refractivity (Wildman–Crippen MR) is 106 cm³/mol. The molecule has 10 heteroatoms. The number of carbonyl (C=O) groups excluding carboxylic acids is 2. The van der Waals surface area contributed by atoms with Crippen LogP contribution >= 0.6 is 11.6 Å². The van der Waals surface area contributed by atoms with Crippen LogP contribution in [0.25, 0.3) is 11.0 Å². The van der Waals surface area contributed by atoms with Gasteiger partial charge in [-0.05, 0) is 18.2 Å². The second-order valence-corrected chi connectivity index (χ2v) is 6.72. The van der Waals surface area contributed by atoms with Gasteiger partial charge in [0.1, 0.15) is 16.9 Å². The van der Waals surface area contributed by atoms with E-state index in [-0.39, 0.29) is 32.7 Å². The van der Waals surface area contributed by atoms with E-state index >= 15 is 0 Å². The van der Waals surface area contributed by atoms with E-state index in [9.17, 15) is 24.3 Å². The van der Waals surface area contributed by atoms with E-state index in [0.717, 1.165) is 26.7 Å². The second-order valence-electron chi connectivity index (χ2n) is 6.28. The van der Waals surface area contributed by atoms with E-state index in [1.165, 1.54) is 18.2 Å². The monoisotopic (exact) mass is 433 g/mol. The van der Waals surface area contributed by atoms with E-state index in [1.54, 1.807) is 0 Å². The highest BCUT2D eigenvalue weighted by Crippen LogP contribution is 2.33. The molecule has 0 unspecified atom stereocenters. The molecule has 0 bridgehead atoms. The van der Waals surface area contributed by atoms with Crippen molar-refractivity contribution in [1.82, 2.24) is 4.98 Å². The Balaban J connectivity index is 2.31. The minimum Gasteiger partial charge on any atom is -0.506 e. The van der Waals surface area contributed by atoms with Crippen molar-refractivity contribution in [3.05, 3.63) is 72.9 Å². The van der Waals surface area contributed by atoms with Gasteiger partial charge in [0.2, 0.25) is 0 Å². The summed E-state index contributed by atoms with van der Waals surface area (Å²) in [7, 11) is 2.23. The Morgan fingerprint density at radius 3 is 2.63 bits per heavy atom. The van der Waals surface area contributed by atoms with Crippen LogP contribution in [0.2, 0.25) is 5.02 Å². The molecule has 0 aliphatic heterocycles. The molecule has 2 N–H and O–H groups in total. The van der Waals surface area contributed by atoms with Gasteiger partial charge in [-0.25, -0.2) is 4.79 Å². The third-order valence-corrected chi connectivity index (χ3v) is 4.83. The van der Waals surface area contributed by atoms with E-state index in [0.29, 0.717) is 0 Å². The van der Waals surface area contributed by atoms with Gasteiger partial charge in [-0.3, -0.25) is 14.4 Å². The van der Waals surface area contributed by atoms with Crippen LogP contribution < -0.4 is 11.0 Å². The van der Waals surface area contributed by atoms with E-state index in [1.807, 2.05) is 0 Å². The summed E-state index contributed by atoms with van der Waals surface area (Å²) in [6.07, 6.45) is 1.59. The smallest absolute Gasteiger partial charge is 0.343 e. The summed E-state index contributed by atoms with van der Waals surface area (Å²) in [6, 6.07) is 4.42. The minimum absolute atomic E-state index is 0.0991. The number of aromatic hydroxyl groups is 1. The number of hydrogen-bond donors (Lipinski definition) is 2. The molecule has 30 heavy (non-hydrogen) atoms. The van der Waals surface area contributed by atoms with Gasteiger partial charge in [0.25, 0.3) is 5.56 Å². The normalized spacial score (nSPS) is 11.8. The Labute approximate surface area is 173 Å².